The lowest BCUT2D eigenvalue weighted by molar-refractivity contribution is 0.376. The fourth-order valence-corrected chi connectivity index (χ4v) is 11.6. The van der Waals surface area contributed by atoms with Gasteiger partial charge in [-0.1, -0.05) is 5.92 Å². The fraction of sp³-hybridized carbons (Fsp3) is 0. The van der Waals surface area contributed by atoms with Crippen molar-refractivity contribution in [1.82, 2.24) is 19.9 Å². The number of H-pyrrole nitrogens is 4. The molecule has 104 heavy (non-hydrogen) atoms. The van der Waals surface area contributed by atoms with Crippen LogP contribution in [0.1, 0.15) is 56.2 Å². The van der Waals surface area contributed by atoms with E-state index >= 15 is 105 Å². The highest BCUT2D eigenvalue weighted by atomic mass is 19.2. The first-order valence-electron chi connectivity index (χ1n) is 28.0. The van der Waals surface area contributed by atoms with Crippen molar-refractivity contribution in [3.05, 3.63) is 336 Å². The third kappa shape index (κ3) is 10.2. The average Bonchev–Trinajstić information content (AvgIpc) is 1.57. The van der Waals surface area contributed by atoms with E-state index < -0.39 is 314 Å². The number of aliphatic imine (C=N–C) groups is 2. The molecule has 7 heterocycles. The third-order valence-corrected chi connectivity index (χ3v) is 16.2. The van der Waals surface area contributed by atoms with Crippen molar-refractivity contribution < 1.29 is 132 Å². The topological polar surface area (TPSA) is 87.9 Å². The maximum absolute atomic E-state index is 16.6. The van der Waals surface area contributed by atoms with Crippen molar-refractivity contribution in [2.45, 2.75) is 0 Å². The molecule has 0 radical (unpaired) electrons. The van der Waals surface area contributed by atoms with Gasteiger partial charge in [-0.3, -0.25) is 0 Å². The summed E-state index contributed by atoms with van der Waals surface area (Å²) in [7, 11) is 0. The van der Waals surface area contributed by atoms with E-state index in [-0.39, 0.29) is 6.08 Å². The Hall–Kier alpha value is -12.3. The number of terminal acetylenes is 1. The lowest BCUT2D eigenvalue weighted by Crippen LogP contribution is -2.23. The molecule has 3 aliphatic heterocycles. The Labute approximate surface area is 553 Å². The lowest BCUT2D eigenvalue weighted by atomic mass is 9.95. The lowest BCUT2D eigenvalue weighted by Gasteiger charge is -2.15. The highest BCUT2D eigenvalue weighted by Crippen LogP contribution is 2.44. The number of hydrogen-bond acceptors (Lipinski definition) is 2. The molecule has 0 unspecified atom stereocenters. The molecular weight excluding hydrogens is 1470 g/mol. The standard InChI is InChI=1S/C68H16F30N6/c1-2-14-13-25-30(36-46(77)58(89)66(97)59(90)47(36)78)23-10-9-21(102-23)28(34-42(73)54(85)64(95)55(86)43(34)74)19-6-5-17(100-19)26(32-38(69)50(81)62(93)51(82)39(32)70)15-3-4-16(99-15)27(33-40(71)52(83)63(94)53(84)41(33)72)18-7-8-20(101-18)29(35-44(75)56(87)65(96)57(88)45(35)76)22-11-12-24(103-22)31(68(14)104-25)37-48(79)60(91)67(98)61(92)49(37)80/h1,3-13,99-100,102-103H. The van der Waals surface area contributed by atoms with Crippen molar-refractivity contribution >= 4 is 44.9 Å². The van der Waals surface area contributed by atoms with Gasteiger partial charge in [-0.25, -0.2) is 142 Å². The van der Waals surface area contributed by atoms with Gasteiger partial charge in [0.2, 0.25) is 34.9 Å². The van der Waals surface area contributed by atoms with Crippen LogP contribution in [0.5, 0.6) is 0 Å². The van der Waals surface area contributed by atoms with Gasteiger partial charge >= 0.3 is 0 Å². The van der Waals surface area contributed by atoms with E-state index in [9.17, 15) is 26.3 Å². The van der Waals surface area contributed by atoms with Crippen LogP contribution in [-0.4, -0.2) is 31.4 Å². The molecule has 4 aromatic heterocycles. The number of nitrogens with one attached hydrogen (secondary N) is 4. The van der Waals surface area contributed by atoms with Crippen molar-refractivity contribution in [2.75, 3.05) is 0 Å². The van der Waals surface area contributed by atoms with E-state index in [4.69, 9.17) is 6.42 Å². The second-order valence-corrected chi connectivity index (χ2v) is 21.8. The molecule has 13 rings (SSSR count). The van der Waals surface area contributed by atoms with Gasteiger partial charge in [-0.05, 0) is 66.8 Å². The summed E-state index contributed by atoms with van der Waals surface area (Å²) in [4.78, 5) is 16.2. The first-order valence-corrected chi connectivity index (χ1v) is 28.0. The number of benzene rings is 6. The minimum absolute atomic E-state index is 0.273. The molecule has 0 saturated carbocycles. The Kier molecular flexibility index (Phi) is 16.9. The first kappa shape index (κ1) is 70.1. The number of hydrogen-bond donors (Lipinski definition) is 4. The van der Waals surface area contributed by atoms with E-state index in [1.165, 1.54) is 0 Å². The van der Waals surface area contributed by atoms with E-state index in [1.54, 1.807) is 5.92 Å². The molecule has 0 fully saturated rings. The second kappa shape index (κ2) is 25.0. The molecule has 0 aliphatic carbocycles. The van der Waals surface area contributed by atoms with Crippen LogP contribution < -0.4 is 21.4 Å². The Morgan fingerprint density at radius 3 is 0.760 bits per heavy atom. The molecule has 10 aromatic rings. The molecule has 4 N–H and O–H groups in total. The zero-order chi connectivity index (χ0) is 75.5. The maximum Gasteiger partial charge on any atom is 0.200 e. The number of rotatable bonds is 6. The van der Waals surface area contributed by atoms with Crippen LogP contribution in [0.15, 0.2) is 93.7 Å². The van der Waals surface area contributed by atoms with Crippen LogP contribution in [0.25, 0.3) is 33.4 Å². The largest absolute Gasteiger partial charge is 0.354 e. The average molecular weight is 1490 g/mol. The second-order valence-electron chi connectivity index (χ2n) is 21.8. The third-order valence-electron chi connectivity index (χ3n) is 16.2. The van der Waals surface area contributed by atoms with Gasteiger partial charge in [-0.2, -0.15) is 0 Å². The summed E-state index contributed by atoms with van der Waals surface area (Å²) in [5.41, 5.74) is -35.0. The van der Waals surface area contributed by atoms with Crippen LogP contribution in [0.3, 0.4) is 0 Å². The van der Waals surface area contributed by atoms with E-state index in [1.807, 2.05) is 0 Å². The molecule has 6 nitrogen and oxygen atoms in total. The summed E-state index contributed by atoms with van der Waals surface area (Å²) < 4.78 is 475. The molecule has 0 amide bonds. The van der Waals surface area contributed by atoms with E-state index in [2.05, 4.69) is 29.9 Å². The summed E-state index contributed by atoms with van der Waals surface area (Å²) >= 11 is 0. The smallest absolute Gasteiger partial charge is 0.200 e. The normalized spacial score (nSPS) is 14.0. The molecular formula is C68H16F30N6. The Bertz CT molecular complexity index is 6010. The summed E-state index contributed by atoms with van der Waals surface area (Å²) in [6.07, 6.45) is 6.74. The number of aromatic amines is 4. The summed E-state index contributed by atoms with van der Waals surface area (Å²) in [5.74, 6) is -84.7. The minimum Gasteiger partial charge on any atom is -0.354 e. The predicted molar refractivity (Wildman–Crippen MR) is 300 cm³/mol. The number of halogens is 30. The summed E-state index contributed by atoms with van der Waals surface area (Å²) in [5, 5.41) is -5.09. The molecule has 528 valence electrons. The van der Waals surface area contributed by atoms with Gasteiger partial charge in [0.15, 0.2) is 140 Å². The highest BCUT2D eigenvalue weighted by Gasteiger charge is 2.40. The van der Waals surface area contributed by atoms with Gasteiger partial charge < -0.3 is 19.9 Å². The zero-order valence-corrected chi connectivity index (χ0v) is 49.2. The number of allylic oxidation sites excluding steroid dienone is 4. The summed E-state index contributed by atoms with van der Waals surface area (Å²) in [6.45, 7) is 0. The maximum atomic E-state index is 16.6. The SMILES string of the molecule is C#CC1=CC2=NC1=C(c1c(F)c(F)c(F)c(F)c1F)c1ccc([nH]1)C(c1c(F)c(F)c(F)c(F)c1F)=C1C=CC(=N1)C(c1c(F)c(F)c(F)c(F)c1F)=c1ccc([nH]1)=C(c1c(F)c(F)c(F)c(F)c1F)c1ccc([nH]1)C(c1c(F)c(F)c(F)c(F)c1F)=c1ccc([nH]1)=C2c1c(F)c(F)c(F)c(F)c1F. The Morgan fingerprint density at radius 1 is 0.231 bits per heavy atom. The quantitative estimate of drug-likeness (QED) is 0.0553. The number of nitrogens with zero attached hydrogens (tertiary/aromatic N) is 2. The Morgan fingerprint density at radius 2 is 0.462 bits per heavy atom. The monoisotopic (exact) mass is 1490 g/mol. The Balaban J connectivity index is 1.31. The molecule has 12 bridgehead atoms. The van der Waals surface area contributed by atoms with Crippen LogP contribution in [0.4, 0.5) is 132 Å². The van der Waals surface area contributed by atoms with Gasteiger partial charge in [0.05, 0.1) is 61.8 Å². The van der Waals surface area contributed by atoms with Crippen molar-refractivity contribution in [3.8, 4) is 12.3 Å². The van der Waals surface area contributed by atoms with Gasteiger partial charge in [0.25, 0.3) is 0 Å². The molecule has 3 aliphatic rings. The zero-order valence-electron chi connectivity index (χ0n) is 49.2. The van der Waals surface area contributed by atoms with Gasteiger partial charge in [-0.15, -0.1) is 6.42 Å². The minimum atomic E-state index is -2.96. The van der Waals surface area contributed by atoms with Crippen LogP contribution in [0.2, 0.25) is 0 Å². The first-order chi connectivity index (χ1) is 49.1. The fourth-order valence-electron chi connectivity index (χ4n) is 11.6. The molecule has 0 spiro atoms. The molecule has 0 saturated heterocycles. The van der Waals surface area contributed by atoms with Crippen LogP contribution in [-0.2, 0) is 0 Å². The van der Waals surface area contributed by atoms with Crippen molar-refractivity contribution in [3.63, 3.8) is 0 Å². The van der Waals surface area contributed by atoms with Crippen LogP contribution in [0, 0.1) is 187 Å². The molecule has 6 aromatic carbocycles. The number of aromatic nitrogens is 4. The predicted octanol–water partition coefficient (Wildman–Crippen LogP) is 15.3. The summed E-state index contributed by atoms with van der Waals surface area (Å²) in [6, 6.07) is 3.10. The molecule has 0 atom stereocenters. The van der Waals surface area contributed by atoms with E-state index in [0.717, 1.165) is 0 Å². The van der Waals surface area contributed by atoms with Crippen LogP contribution >= 0.6 is 0 Å². The van der Waals surface area contributed by atoms with Gasteiger partial charge in [0, 0.05) is 77.6 Å². The van der Waals surface area contributed by atoms with Crippen molar-refractivity contribution in [1.29, 1.82) is 0 Å². The van der Waals surface area contributed by atoms with Gasteiger partial charge in [0.1, 0.15) is 0 Å². The van der Waals surface area contributed by atoms with E-state index in [0.29, 0.717) is 60.7 Å². The highest BCUT2D eigenvalue weighted by molar-refractivity contribution is 6.32. The van der Waals surface area contributed by atoms with Crippen molar-refractivity contribution in [2.24, 2.45) is 9.98 Å². The molecule has 36 heteroatoms. The number of fused-ring (bicyclic) bond motifs is 10.